The van der Waals surface area contributed by atoms with Crippen molar-refractivity contribution < 1.29 is 9.47 Å². The fourth-order valence-electron chi connectivity index (χ4n) is 2.18. The number of benzene rings is 1. The molecule has 2 rings (SSSR count). The molecule has 0 aliphatic rings. The van der Waals surface area contributed by atoms with Gasteiger partial charge in [-0.3, -0.25) is 0 Å². The third-order valence-corrected chi connectivity index (χ3v) is 4.52. The summed E-state index contributed by atoms with van der Waals surface area (Å²) >= 11 is 1.66. The smallest absolute Gasteiger partial charge is 0.188 e. The number of ether oxygens (including phenoxy) is 2. The van der Waals surface area contributed by atoms with E-state index in [2.05, 4.69) is 22.2 Å². The molecule has 0 radical (unpaired) electrons. The van der Waals surface area contributed by atoms with Gasteiger partial charge < -0.3 is 20.5 Å². The van der Waals surface area contributed by atoms with Crippen LogP contribution in [0, 0.1) is 0 Å². The lowest BCUT2D eigenvalue weighted by Gasteiger charge is -2.10. The first-order chi connectivity index (χ1) is 11.7. The van der Waals surface area contributed by atoms with Gasteiger partial charge in [-0.1, -0.05) is 13.0 Å². The van der Waals surface area contributed by atoms with Gasteiger partial charge in [-0.05, 0) is 30.5 Å². The summed E-state index contributed by atoms with van der Waals surface area (Å²) in [6, 6.07) is 5.88. The highest BCUT2D eigenvalue weighted by atomic mass is 127. The Hall–Kier alpha value is -1.55. The zero-order chi connectivity index (χ0) is 17.4. The van der Waals surface area contributed by atoms with Gasteiger partial charge in [0.15, 0.2) is 17.5 Å². The van der Waals surface area contributed by atoms with Crippen LogP contribution in [0.25, 0.3) is 0 Å². The van der Waals surface area contributed by atoms with Crippen molar-refractivity contribution in [3.8, 4) is 11.5 Å². The summed E-state index contributed by atoms with van der Waals surface area (Å²) in [7, 11) is 3.26. The highest BCUT2D eigenvalue weighted by Gasteiger charge is 2.04. The number of hydrogen-bond donors (Lipinski definition) is 2. The molecular formula is C17H25IN4O2S. The lowest BCUT2D eigenvalue weighted by atomic mass is 10.1. The largest absolute Gasteiger partial charge is 0.493 e. The van der Waals surface area contributed by atoms with Crippen molar-refractivity contribution >= 4 is 41.3 Å². The summed E-state index contributed by atoms with van der Waals surface area (Å²) in [6.07, 6.45) is 1.76. The molecule has 0 saturated carbocycles. The zero-order valence-corrected chi connectivity index (χ0v) is 17.9. The first-order valence-corrected chi connectivity index (χ1v) is 8.72. The maximum atomic E-state index is 5.90. The third-order valence-electron chi connectivity index (χ3n) is 3.48. The highest BCUT2D eigenvalue weighted by molar-refractivity contribution is 14.0. The molecule has 3 N–H and O–H groups in total. The summed E-state index contributed by atoms with van der Waals surface area (Å²) in [4.78, 5) is 8.78. The maximum Gasteiger partial charge on any atom is 0.188 e. The van der Waals surface area contributed by atoms with Crippen molar-refractivity contribution in [2.45, 2.75) is 26.3 Å². The van der Waals surface area contributed by atoms with Crippen molar-refractivity contribution in [3.63, 3.8) is 0 Å². The molecule has 1 heterocycles. The van der Waals surface area contributed by atoms with E-state index in [1.165, 1.54) is 0 Å². The number of nitrogens with one attached hydrogen (secondary N) is 1. The Labute approximate surface area is 169 Å². The normalized spacial score (nSPS) is 10.9. The van der Waals surface area contributed by atoms with Crippen LogP contribution >= 0.6 is 35.3 Å². The van der Waals surface area contributed by atoms with Crippen molar-refractivity contribution in [1.29, 1.82) is 0 Å². The summed E-state index contributed by atoms with van der Waals surface area (Å²) < 4.78 is 10.5. The van der Waals surface area contributed by atoms with Crippen LogP contribution in [0.15, 0.2) is 28.6 Å². The molecule has 0 amide bonds. The molecule has 1 aromatic carbocycles. The second-order valence-corrected chi connectivity index (χ2v) is 6.10. The number of hydrogen-bond acceptors (Lipinski definition) is 5. The highest BCUT2D eigenvalue weighted by Crippen LogP contribution is 2.27. The van der Waals surface area contributed by atoms with E-state index in [0.717, 1.165) is 40.6 Å². The Balaban J connectivity index is 0.00000312. The van der Waals surface area contributed by atoms with Gasteiger partial charge in [-0.2, -0.15) is 0 Å². The molecule has 25 heavy (non-hydrogen) atoms. The van der Waals surface area contributed by atoms with Crippen LogP contribution in [0.4, 0.5) is 0 Å². The number of nitrogens with two attached hydrogens (primary N) is 1. The lowest BCUT2D eigenvalue weighted by Crippen LogP contribution is -2.33. The minimum atomic E-state index is 0. The quantitative estimate of drug-likeness (QED) is 0.348. The molecule has 2 aromatic rings. The van der Waals surface area contributed by atoms with Crippen LogP contribution in [0.1, 0.15) is 23.2 Å². The van der Waals surface area contributed by atoms with E-state index in [0.29, 0.717) is 19.0 Å². The summed E-state index contributed by atoms with van der Waals surface area (Å²) in [5.74, 6) is 1.89. The number of guanidine groups is 1. The van der Waals surface area contributed by atoms with Crippen LogP contribution in [-0.2, 0) is 19.4 Å². The molecule has 0 atom stereocenters. The Bertz CT molecular complexity index is 691. The van der Waals surface area contributed by atoms with Crippen molar-refractivity contribution in [2.24, 2.45) is 10.7 Å². The Morgan fingerprint density at radius 1 is 1.28 bits per heavy atom. The molecule has 0 fully saturated rings. The number of aliphatic imine (C=N–C) groups is 1. The fourth-order valence-corrected chi connectivity index (χ4v) is 2.91. The van der Waals surface area contributed by atoms with Crippen LogP contribution in [0.3, 0.4) is 0 Å². The molecule has 0 aliphatic heterocycles. The molecule has 0 unspecified atom stereocenters. The number of thiazole rings is 1. The van der Waals surface area contributed by atoms with E-state index in [9.17, 15) is 0 Å². The number of halogens is 1. The maximum absolute atomic E-state index is 5.90. The van der Waals surface area contributed by atoms with E-state index in [4.69, 9.17) is 15.2 Å². The Morgan fingerprint density at radius 2 is 2.04 bits per heavy atom. The molecule has 6 nitrogen and oxygen atoms in total. The van der Waals surface area contributed by atoms with E-state index in [1.807, 2.05) is 23.6 Å². The molecule has 0 saturated heterocycles. The average Bonchev–Trinajstić information content (AvgIpc) is 3.08. The van der Waals surface area contributed by atoms with Crippen molar-refractivity contribution in [3.05, 3.63) is 39.8 Å². The van der Waals surface area contributed by atoms with Gasteiger partial charge in [0.2, 0.25) is 0 Å². The monoisotopic (exact) mass is 476 g/mol. The van der Waals surface area contributed by atoms with Gasteiger partial charge in [0.05, 0.1) is 31.5 Å². The number of aryl methyl sites for hydroxylation is 1. The van der Waals surface area contributed by atoms with Crippen molar-refractivity contribution in [1.82, 2.24) is 10.3 Å². The van der Waals surface area contributed by atoms with E-state index < -0.39 is 0 Å². The average molecular weight is 476 g/mol. The van der Waals surface area contributed by atoms with Gasteiger partial charge in [-0.15, -0.1) is 35.3 Å². The first-order valence-electron chi connectivity index (χ1n) is 7.84. The summed E-state index contributed by atoms with van der Waals surface area (Å²) in [5, 5.41) is 6.27. The molecule has 138 valence electrons. The minimum absolute atomic E-state index is 0. The van der Waals surface area contributed by atoms with E-state index >= 15 is 0 Å². The standard InChI is InChI=1S/C17H24N4O2S.HI/c1-4-16-21-13(11-24-16)10-20-17(18)19-8-7-12-5-6-14(22-2)15(9-12)23-3;/h5-6,9,11H,4,7-8,10H2,1-3H3,(H3,18,19,20);1H. The number of nitrogens with zero attached hydrogens (tertiary/aromatic N) is 2. The van der Waals surface area contributed by atoms with Crippen LogP contribution in [-0.4, -0.2) is 31.7 Å². The molecule has 0 aliphatic carbocycles. The molecule has 8 heteroatoms. The summed E-state index contributed by atoms with van der Waals surface area (Å²) in [5.41, 5.74) is 8.00. The number of rotatable bonds is 8. The van der Waals surface area contributed by atoms with Gasteiger partial charge in [0.1, 0.15) is 0 Å². The Morgan fingerprint density at radius 3 is 2.68 bits per heavy atom. The second kappa shape index (κ2) is 11.1. The second-order valence-electron chi connectivity index (χ2n) is 5.15. The number of methoxy groups -OCH3 is 2. The third kappa shape index (κ3) is 6.69. The van der Waals surface area contributed by atoms with Crippen LogP contribution < -0.4 is 20.5 Å². The topological polar surface area (TPSA) is 81.8 Å². The van der Waals surface area contributed by atoms with Crippen LogP contribution in [0.5, 0.6) is 11.5 Å². The predicted octanol–water partition coefficient (Wildman–Crippen LogP) is 2.99. The van der Waals surface area contributed by atoms with E-state index in [-0.39, 0.29) is 24.0 Å². The molecule has 0 spiro atoms. The van der Waals surface area contributed by atoms with Gasteiger partial charge in [0.25, 0.3) is 0 Å². The molecule has 1 aromatic heterocycles. The number of aromatic nitrogens is 1. The Kier molecular flexibility index (Phi) is 9.58. The fraction of sp³-hybridized carbons (Fsp3) is 0.412. The van der Waals surface area contributed by atoms with Gasteiger partial charge >= 0.3 is 0 Å². The first kappa shape index (κ1) is 21.5. The molecular weight excluding hydrogens is 451 g/mol. The SMILES string of the molecule is CCc1nc(CN=C(N)NCCc2ccc(OC)c(OC)c2)cs1.I. The van der Waals surface area contributed by atoms with Crippen molar-refractivity contribution in [2.75, 3.05) is 20.8 Å². The van der Waals surface area contributed by atoms with Crippen LogP contribution in [0.2, 0.25) is 0 Å². The predicted molar refractivity (Wildman–Crippen MR) is 113 cm³/mol. The van der Waals surface area contributed by atoms with Gasteiger partial charge in [-0.25, -0.2) is 9.98 Å². The van der Waals surface area contributed by atoms with E-state index in [1.54, 1.807) is 25.6 Å². The lowest BCUT2D eigenvalue weighted by molar-refractivity contribution is 0.354. The summed E-state index contributed by atoms with van der Waals surface area (Å²) in [6.45, 7) is 3.30. The minimum Gasteiger partial charge on any atom is -0.493 e. The van der Waals surface area contributed by atoms with Gasteiger partial charge in [0, 0.05) is 11.9 Å². The molecule has 0 bridgehead atoms. The zero-order valence-electron chi connectivity index (χ0n) is 14.7.